The molecule has 0 aliphatic heterocycles. The van der Waals surface area contributed by atoms with E-state index in [4.69, 9.17) is 5.14 Å². The van der Waals surface area contributed by atoms with E-state index in [0.717, 1.165) is 5.56 Å². The van der Waals surface area contributed by atoms with E-state index in [2.05, 4.69) is 0 Å². The Labute approximate surface area is 95.5 Å². The second kappa shape index (κ2) is 4.76. The Kier molecular flexibility index (Phi) is 3.83. The Hall–Kier alpha value is -1.20. The lowest BCUT2D eigenvalue weighted by Crippen LogP contribution is -2.30. The van der Waals surface area contributed by atoms with Gasteiger partial charge in [-0.05, 0) is 13.3 Å². The van der Waals surface area contributed by atoms with Gasteiger partial charge in [-0.1, -0.05) is 36.8 Å². The third-order valence-electron chi connectivity index (χ3n) is 2.37. The van der Waals surface area contributed by atoms with Gasteiger partial charge in [-0.15, -0.1) is 5.14 Å². The summed E-state index contributed by atoms with van der Waals surface area (Å²) >= 11 is 0. The molecule has 5 heteroatoms. The average molecular weight is 240 g/mol. The standard InChI is InChI=1S/C11H14NO3S/c1-3-10(16(12,14)15)11(13)9-6-4-8(2)5-7-9/h4-7,10,12H,3H2,1-2H3. The molecule has 1 N–H and O–H groups in total. The molecule has 0 saturated heterocycles. The first-order valence-corrected chi connectivity index (χ1v) is 6.50. The Balaban J connectivity index is 3.06. The minimum absolute atomic E-state index is 0.124. The number of ketones is 1. The molecule has 1 radical (unpaired) electrons. The number of benzene rings is 1. The Morgan fingerprint density at radius 1 is 1.31 bits per heavy atom. The van der Waals surface area contributed by atoms with Crippen LogP contribution in [0.3, 0.4) is 0 Å². The fraction of sp³-hybridized carbons (Fsp3) is 0.364. The van der Waals surface area contributed by atoms with Crippen LogP contribution < -0.4 is 5.14 Å². The van der Waals surface area contributed by atoms with Crippen LogP contribution in [0.4, 0.5) is 0 Å². The van der Waals surface area contributed by atoms with Gasteiger partial charge in [0.2, 0.25) is 10.0 Å². The van der Waals surface area contributed by atoms with Gasteiger partial charge in [-0.3, -0.25) is 4.79 Å². The predicted octanol–water partition coefficient (Wildman–Crippen LogP) is 1.57. The maximum atomic E-state index is 11.8. The second-order valence-electron chi connectivity index (χ2n) is 3.67. The molecular weight excluding hydrogens is 226 g/mol. The highest BCUT2D eigenvalue weighted by Gasteiger charge is 2.28. The molecule has 87 valence electrons. The van der Waals surface area contributed by atoms with Gasteiger partial charge in [0.1, 0.15) is 5.25 Å². The minimum Gasteiger partial charge on any atom is -0.293 e. The van der Waals surface area contributed by atoms with Crippen LogP contribution in [-0.2, 0) is 10.0 Å². The van der Waals surface area contributed by atoms with Gasteiger partial charge in [0, 0.05) is 5.56 Å². The van der Waals surface area contributed by atoms with E-state index in [1.807, 2.05) is 6.92 Å². The summed E-state index contributed by atoms with van der Waals surface area (Å²) in [5.41, 5.74) is 1.34. The third-order valence-corrected chi connectivity index (χ3v) is 3.67. The summed E-state index contributed by atoms with van der Waals surface area (Å²) in [7, 11) is -4.07. The Bertz CT molecular complexity index is 476. The molecule has 16 heavy (non-hydrogen) atoms. The van der Waals surface area contributed by atoms with E-state index in [1.165, 1.54) is 0 Å². The molecule has 1 aromatic carbocycles. The molecule has 0 bridgehead atoms. The quantitative estimate of drug-likeness (QED) is 0.749. The van der Waals surface area contributed by atoms with E-state index >= 15 is 0 Å². The number of hydrogen-bond donors (Lipinski definition) is 0. The Morgan fingerprint density at radius 3 is 2.19 bits per heavy atom. The van der Waals surface area contributed by atoms with Crippen LogP contribution in [0.15, 0.2) is 24.3 Å². The fourth-order valence-electron chi connectivity index (χ4n) is 1.45. The first-order valence-electron chi connectivity index (χ1n) is 4.95. The van der Waals surface area contributed by atoms with Crippen LogP contribution in [0.25, 0.3) is 0 Å². The summed E-state index contributed by atoms with van der Waals surface area (Å²) in [6, 6.07) is 6.67. The number of nitrogens with one attached hydrogen (secondary N) is 1. The van der Waals surface area contributed by atoms with Crippen LogP contribution in [0.1, 0.15) is 29.3 Å². The molecule has 0 amide bonds. The van der Waals surface area contributed by atoms with Gasteiger partial charge in [-0.25, -0.2) is 8.42 Å². The van der Waals surface area contributed by atoms with Crippen molar-refractivity contribution < 1.29 is 13.2 Å². The fourth-order valence-corrected chi connectivity index (χ4v) is 2.31. The minimum atomic E-state index is -4.07. The van der Waals surface area contributed by atoms with Crippen molar-refractivity contribution in [3.63, 3.8) is 0 Å². The summed E-state index contributed by atoms with van der Waals surface area (Å²) in [6.07, 6.45) is 0.124. The molecule has 1 rings (SSSR count). The van der Waals surface area contributed by atoms with Crippen molar-refractivity contribution in [2.75, 3.05) is 0 Å². The molecule has 0 aliphatic rings. The summed E-state index contributed by atoms with van der Waals surface area (Å²) in [6.45, 7) is 3.47. The van der Waals surface area contributed by atoms with Crippen LogP contribution in [0.5, 0.6) is 0 Å². The monoisotopic (exact) mass is 240 g/mol. The molecule has 0 saturated carbocycles. The second-order valence-corrected chi connectivity index (χ2v) is 5.33. The molecule has 0 aromatic heterocycles. The van der Waals surface area contributed by atoms with Gasteiger partial charge in [0.05, 0.1) is 0 Å². The molecule has 4 nitrogen and oxygen atoms in total. The number of Topliss-reactive ketones (excluding diaryl/α,β-unsaturated/α-hetero) is 1. The van der Waals surface area contributed by atoms with Crippen LogP contribution >= 0.6 is 0 Å². The Morgan fingerprint density at radius 2 is 1.81 bits per heavy atom. The maximum Gasteiger partial charge on any atom is 0.235 e. The number of carbonyl (C=O) groups is 1. The van der Waals surface area contributed by atoms with Crippen molar-refractivity contribution in [1.82, 2.24) is 5.14 Å². The predicted molar refractivity (Wildman–Crippen MR) is 61.6 cm³/mol. The molecule has 1 aromatic rings. The summed E-state index contributed by atoms with van der Waals surface area (Å²) in [4.78, 5) is 11.8. The van der Waals surface area contributed by atoms with Gasteiger partial charge in [0.15, 0.2) is 5.78 Å². The molecule has 0 aliphatic carbocycles. The van der Waals surface area contributed by atoms with Gasteiger partial charge < -0.3 is 0 Å². The summed E-state index contributed by atoms with van der Waals surface area (Å²) < 4.78 is 22.2. The van der Waals surface area contributed by atoms with Crippen molar-refractivity contribution in [1.29, 1.82) is 0 Å². The normalized spacial score (nSPS) is 13.4. The molecular formula is C11H14NO3S. The summed E-state index contributed by atoms with van der Waals surface area (Å²) in [5, 5.41) is 5.71. The van der Waals surface area contributed by atoms with Crippen LogP contribution in [0, 0.1) is 6.92 Å². The van der Waals surface area contributed by atoms with E-state index in [9.17, 15) is 13.2 Å². The zero-order valence-electron chi connectivity index (χ0n) is 9.23. The molecule has 1 unspecified atom stereocenters. The van der Waals surface area contributed by atoms with Crippen LogP contribution in [0.2, 0.25) is 0 Å². The van der Waals surface area contributed by atoms with Crippen LogP contribution in [-0.4, -0.2) is 19.5 Å². The maximum absolute atomic E-state index is 11.8. The molecule has 1 atom stereocenters. The number of aryl methyl sites for hydroxylation is 1. The van der Waals surface area contributed by atoms with E-state index in [1.54, 1.807) is 31.2 Å². The highest BCUT2D eigenvalue weighted by molar-refractivity contribution is 7.90. The van der Waals surface area contributed by atoms with Gasteiger partial charge in [-0.2, -0.15) is 0 Å². The van der Waals surface area contributed by atoms with Gasteiger partial charge >= 0.3 is 0 Å². The number of sulfonamides is 1. The van der Waals surface area contributed by atoms with E-state index < -0.39 is 21.1 Å². The number of carbonyl (C=O) groups excluding carboxylic acids is 1. The highest BCUT2D eigenvalue weighted by Crippen LogP contribution is 2.13. The lowest BCUT2D eigenvalue weighted by atomic mass is 10.1. The highest BCUT2D eigenvalue weighted by atomic mass is 32.2. The first-order chi connectivity index (χ1) is 7.36. The SMILES string of the molecule is CCC(C(=O)c1ccc(C)cc1)S([NH])(=O)=O. The molecule has 0 spiro atoms. The number of rotatable bonds is 4. The van der Waals surface area contributed by atoms with Crippen molar-refractivity contribution in [3.05, 3.63) is 35.4 Å². The van der Waals surface area contributed by atoms with Crippen molar-refractivity contribution in [3.8, 4) is 0 Å². The van der Waals surface area contributed by atoms with E-state index in [0.29, 0.717) is 5.56 Å². The zero-order valence-corrected chi connectivity index (χ0v) is 10.0. The molecule has 0 heterocycles. The average Bonchev–Trinajstić information content (AvgIpc) is 2.17. The van der Waals surface area contributed by atoms with E-state index in [-0.39, 0.29) is 6.42 Å². The lowest BCUT2D eigenvalue weighted by Gasteiger charge is -2.10. The molecule has 0 fully saturated rings. The zero-order chi connectivity index (χ0) is 12.3. The van der Waals surface area contributed by atoms with Crippen molar-refractivity contribution in [2.45, 2.75) is 25.5 Å². The summed E-state index contributed by atoms with van der Waals surface area (Å²) in [5.74, 6) is -0.502. The first kappa shape index (κ1) is 12.9. The smallest absolute Gasteiger partial charge is 0.235 e. The van der Waals surface area contributed by atoms with Crippen molar-refractivity contribution in [2.24, 2.45) is 0 Å². The van der Waals surface area contributed by atoms with Gasteiger partial charge in [0.25, 0.3) is 0 Å². The van der Waals surface area contributed by atoms with Crippen molar-refractivity contribution >= 4 is 15.8 Å². The number of hydrogen-bond acceptors (Lipinski definition) is 3. The third kappa shape index (κ3) is 2.90. The topological polar surface area (TPSA) is 75.0 Å². The lowest BCUT2D eigenvalue weighted by molar-refractivity contribution is 0.0985. The largest absolute Gasteiger partial charge is 0.293 e.